The van der Waals surface area contributed by atoms with Crippen molar-refractivity contribution in [3.63, 3.8) is 0 Å². The summed E-state index contributed by atoms with van der Waals surface area (Å²) in [5.74, 6) is 2.98. The van der Waals surface area contributed by atoms with E-state index >= 15 is 0 Å². The first-order valence-corrected chi connectivity index (χ1v) is 8.39. The molecule has 1 aliphatic rings. The van der Waals surface area contributed by atoms with E-state index in [4.69, 9.17) is 4.74 Å². The lowest BCUT2D eigenvalue weighted by atomic mass is 9.73. The molecular formula is C17H31N3O. The van der Waals surface area contributed by atoms with Crippen molar-refractivity contribution < 1.29 is 4.74 Å². The van der Waals surface area contributed by atoms with E-state index < -0.39 is 0 Å². The average Bonchev–Trinajstić information content (AvgIpc) is 2.88. The van der Waals surface area contributed by atoms with Gasteiger partial charge in [-0.05, 0) is 38.1 Å². The first kappa shape index (κ1) is 16.3. The van der Waals surface area contributed by atoms with Gasteiger partial charge in [0.2, 0.25) is 0 Å². The van der Waals surface area contributed by atoms with Gasteiger partial charge < -0.3 is 10.1 Å². The lowest BCUT2D eigenvalue weighted by Gasteiger charge is -2.36. The molecule has 4 nitrogen and oxygen atoms in total. The summed E-state index contributed by atoms with van der Waals surface area (Å²) in [6, 6.07) is 0.544. The molecule has 1 fully saturated rings. The van der Waals surface area contributed by atoms with E-state index in [2.05, 4.69) is 42.8 Å². The summed E-state index contributed by atoms with van der Waals surface area (Å²) in [6.07, 6.45) is 5.75. The highest BCUT2D eigenvalue weighted by atomic mass is 16.5. The molecule has 1 saturated carbocycles. The number of hydrogen-bond acceptors (Lipinski definition) is 3. The molecule has 4 heteroatoms. The number of rotatable bonds is 6. The molecule has 2 rings (SSSR count). The summed E-state index contributed by atoms with van der Waals surface area (Å²) in [5, 5.41) is 8.13. The molecule has 120 valence electrons. The molecule has 1 aliphatic carbocycles. The SMILES string of the molecule is CCn1ncc(OC)c1C1CC(C)CCC1CNC(C)C. The minimum atomic E-state index is 0.544. The second-order valence-corrected chi connectivity index (χ2v) is 6.76. The van der Waals surface area contributed by atoms with E-state index in [1.165, 1.54) is 25.0 Å². The molecule has 3 unspecified atom stereocenters. The zero-order chi connectivity index (χ0) is 15.4. The Balaban J connectivity index is 2.25. The quantitative estimate of drug-likeness (QED) is 0.873. The van der Waals surface area contributed by atoms with Crippen LogP contribution in [0.2, 0.25) is 0 Å². The molecule has 0 spiro atoms. The molecule has 1 aromatic heterocycles. The molecule has 21 heavy (non-hydrogen) atoms. The van der Waals surface area contributed by atoms with Gasteiger partial charge in [-0.2, -0.15) is 5.10 Å². The van der Waals surface area contributed by atoms with E-state index in [9.17, 15) is 0 Å². The normalized spacial score (nSPS) is 26.3. The highest BCUT2D eigenvalue weighted by Crippen LogP contribution is 2.43. The van der Waals surface area contributed by atoms with E-state index in [1.54, 1.807) is 7.11 Å². The predicted molar refractivity (Wildman–Crippen MR) is 86.8 cm³/mol. The fourth-order valence-electron chi connectivity index (χ4n) is 3.57. The summed E-state index contributed by atoms with van der Waals surface area (Å²) in [7, 11) is 1.76. The second kappa shape index (κ2) is 7.30. The Morgan fingerprint density at radius 2 is 2.19 bits per heavy atom. The molecule has 1 N–H and O–H groups in total. The van der Waals surface area contributed by atoms with Crippen LogP contribution >= 0.6 is 0 Å². The zero-order valence-electron chi connectivity index (χ0n) is 14.2. The number of nitrogens with one attached hydrogen (secondary N) is 1. The van der Waals surface area contributed by atoms with E-state index in [-0.39, 0.29) is 0 Å². The number of hydrogen-bond donors (Lipinski definition) is 1. The largest absolute Gasteiger partial charge is 0.493 e. The smallest absolute Gasteiger partial charge is 0.160 e. The van der Waals surface area contributed by atoms with Crippen molar-refractivity contribution in [2.75, 3.05) is 13.7 Å². The highest BCUT2D eigenvalue weighted by Gasteiger charge is 2.34. The predicted octanol–water partition coefficient (Wildman–Crippen LogP) is 3.43. The van der Waals surface area contributed by atoms with Crippen LogP contribution in [0.3, 0.4) is 0 Å². The van der Waals surface area contributed by atoms with Crippen LogP contribution < -0.4 is 10.1 Å². The van der Waals surface area contributed by atoms with Crippen molar-refractivity contribution in [1.29, 1.82) is 0 Å². The topological polar surface area (TPSA) is 39.1 Å². The summed E-state index contributed by atoms with van der Waals surface area (Å²) in [6.45, 7) is 11.0. The van der Waals surface area contributed by atoms with Crippen molar-refractivity contribution in [3.05, 3.63) is 11.9 Å². The maximum Gasteiger partial charge on any atom is 0.160 e. The monoisotopic (exact) mass is 293 g/mol. The molecule has 0 amide bonds. The fraction of sp³-hybridized carbons (Fsp3) is 0.824. The standard InChI is InChI=1S/C17H31N3O/c1-6-20-17(16(21-5)11-19-20)15-9-13(4)7-8-14(15)10-18-12(2)3/h11-15,18H,6-10H2,1-5H3. The van der Waals surface area contributed by atoms with Crippen molar-refractivity contribution in [1.82, 2.24) is 15.1 Å². The summed E-state index contributed by atoms with van der Waals surface area (Å²) in [4.78, 5) is 0. The second-order valence-electron chi connectivity index (χ2n) is 6.76. The van der Waals surface area contributed by atoms with E-state index in [0.717, 1.165) is 24.8 Å². The number of ether oxygens (including phenoxy) is 1. The maximum atomic E-state index is 5.59. The first-order chi connectivity index (χ1) is 10.1. The molecule has 3 atom stereocenters. The van der Waals surface area contributed by atoms with Gasteiger partial charge >= 0.3 is 0 Å². The lowest BCUT2D eigenvalue weighted by Crippen LogP contribution is -2.35. The van der Waals surface area contributed by atoms with Crippen LogP contribution in [0.4, 0.5) is 0 Å². The van der Waals surface area contributed by atoms with E-state index in [0.29, 0.717) is 17.9 Å². The van der Waals surface area contributed by atoms with E-state index in [1.807, 2.05) is 6.20 Å². The Kier molecular flexibility index (Phi) is 5.68. The minimum absolute atomic E-state index is 0.544. The van der Waals surface area contributed by atoms with Gasteiger partial charge in [-0.15, -0.1) is 0 Å². The van der Waals surface area contributed by atoms with Crippen molar-refractivity contribution in [2.24, 2.45) is 11.8 Å². The van der Waals surface area contributed by atoms with Crippen LogP contribution in [0.15, 0.2) is 6.20 Å². The molecule has 0 bridgehead atoms. The van der Waals surface area contributed by atoms with Gasteiger partial charge in [0, 0.05) is 18.5 Å². The Morgan fingerprint density at radius 3 is 2.81 bits per heavy atom. The number of nitrogens with zero attached hydrogens (tertiary/aromatic N) is 2. The van der Waals surface area contributed by atoms with Crippen LogP contribution in [0.1, 0.15) is 58.6 Å². The molecule has 1 aromatic rings. The van der Waals surface area contributed by atoms with Gasteiger partial charge in [0.05, 0.1) is 19.0 Å². The Bertz CT molecular complexity index is 420. The fourth-order valence-corrected chi connectivity index (χ4v) is 3.57. The first-order valence-electron chi connectivity index (χ1n) is 8.39. The molecule has 0 radical (unpaired) electrons. The van der Waals surface area contributed by atoms with Crippen LogP contribution in [0.25, 0.3) is 0 Å². The minimum Gasteiger partial charge on any atom is -0.493 e. The van der Waals surface area contributed by atoms with Gasteiger partial charge in [-0.3, -0.25) is 4.68 Å². The number of methoxy groups -OCH3 is 1. The van der Waals surface area contributed by atoms with Gasteiger partial charge in [0.15, 0.2) is 5.75 Å². The Morgan fingerprint density at radius 1 is 1.43 bits per heavy atom. The average molecular weight is 293 g/mol. The summed E-state index contributed by atoms with van der Waals surface area (Å²) >= 11 is 0. The summed E-state index contributed by atoms with van der Waals surface area (Å²) < 4.78 is 7.72. The Labute approximate surface area is 129 Å². The van der Waals surface area contributed by atoms with Crippen LogP contribution in [0, 0.1) is 11.8 Å². The molecule has 1 heterocycles. The van der Waals surface area contributed by atoms with Gasteiger partial charge in [-0.1, -0.05) is 27.2 Å². The number of aryl methyl sites for hydroxylation is 1. The summed E-state index contributed by atoms with van der Waals surface area (Å²) in [5.41, 5.74) is 1.31. The van der Waals surface area contributed by atoms with Crippen molar-refractivity contribution in [3.8, 4) is 5.75 Å². The maximum absolute atomic E-state index is 5.59. The lowest BCUT2D eigenvalue weighted by molar-refractivity contribution is 0.225. The zero-order valence-corrected chi connectivity index (χ0v) is 14.2. The van der Waals surface area contributed by atoms with Gasteiger partial charge in [-0.25, -0.2) is 0 Å². The van der Waals surface area contributed by atoms with Crippen molar-refractivity contribution >= 4 is 0 Å². The van der Waals surface area contributed by atoms with Crippen molar-refractivity contribution in [2.45, 2.75) is 65.5 Å². The molecular weight excluding hydrogens is 262 g/mol. The van der Waals surface area contributed by atoms with Crippen LogP contribution in [-0.2, 0) is 6.54 Å². The number of aromatic nitrogens is 2. The van der Waals surface area contributed by atoms with Gasteiger partial charge in [0.25, 0.3) is 0 Å². The third-order valence-corrected chi connectivity index (χ3v) is 4.76. The Hall–Kier alpha value is -1.03. The van der Waals surface area contributed by atoms with Crippen LogP contribution in [0.5, 0.6) is 5.75 Å². The van der Waals surface area contributed by atoms with Crippen LogP contribution in [-0.4, -0.2) is 29.5 Å². The molecule has 0 aliphatic heterocycles. The highest BCUT2D eigenvalue weighted by molar-refractivity contribution is 5.30. The molecule has 0 aromatic carbocycles. The molecule has 0 saturated heterocycles. The third-order valence-electron chi connectivity index (χ3n) is 4.76. The third kappa shape index (κ3) is 3.79. The van der Waals surface area contributed by atoms with Gasteiger partial charge in [0.1, 0.15) is 0 Å².